The Morgan fingerprint density at radius 1 is 1.21 bits per heavy atom. The number of fused-ring (bicyclic) bond motifs is 1. The van der Waals surface area contributed by atoms with E-state index in [1.165, 1.54) is 22.4 Å². The third kappa shape index (κ3) is 4.44. The molecule has 3 aromatic rings. The maximum atomic E-state index is 13.1. The Kier molecular flexibility index (Phi) is 6.51. The van der Waals surface area contributed by atoms with Crippen molar-refractivity contribution in [3.8, 4) is 0 Å². The van der Waals surface area contributed by atoms with Gasteiger partial charge in [0.05, 0.1) is 0 Å². The molecule has 9 heteroatoms. The predicted molar refractivity (Wildman–Crippen MR) is 107 cm³/mol. The molecule has 3 rings (SSSR count). The first-order valence-electron chi connectivity index (χ1n) is 8.86. The number of H-pyrrole nitrogens is 1. The molecule has 28 heavy (non-hydrogen) atoms. The zero-order chi connectivity index (χ0) is 19.9. The van der Waals surface area contributed by atoms with Gasteiger partial charge in [-0.15, -0.1) is 11.3 Å². The maximum Gasteiger partial charge on any atom is 0.265 e. The number of hydrogen-bond acceptors (Lipinski definition) is 6. The first-order valence-corrected chi connectivity index (χ1v) is 9.74. The molecule has 0 atom stereocenters. The van der Waals surface area contributed by atoms with Gasteiger partial charge in [0.2, 0.25) is 11.3 Å². The van der Waals surface area contributed by atoms with Crippen LogP contribution in [0.3, 0.4) is 0 Å². The van der Waals surface area contributed by atoms with E-state index in [9.17, 15) is 14.4 Å². The lowest BCUT2D eigenvalue weighted by Gasteiger charge is -2.19. The van der Waals surface area contributed by atoms with Gasteiger partial charge in [-0.25, -0.2) is 10.5 Å². The second kappa shape index (κ2) is 9.25. The Hall–Kier alpha value is -3.04. The summed E-state index contributed by atoms with van der Waals surface area (Å²) in [6.07, 6.45) is 5.18. The summed E-state index contributed by atoms with van der Waals surface area (Å²) < 4.78 is 0. The smallest absolute Gasteiger partial charge is 0.265 e. The molecule has 0 aliphatic carbocycles. The molecule has 2 amide bonds. The number of rotatable bonds is 8. The topological polar surface area (TPSA) is 115 Å². The minimum absolute atomic E-state index is 0.0635. The van der Waals surface area contributed by atoms with Crippen LogP contribution in [0.25, 0.3) is 10.9 Å². The molecule has 1 aromatic carbocycles. The average molecular weight is 400 g/mol. The van der Waals surface area contributed by atoms with Gasteiger partial charge in [-0.3, -0.25) is 24.5 Å². The molecule has 0 saturated carbocycles. The van der Waals surface area contributed by atoms with E-state index in [4.69, 9.17) is 5.21 Å². The molecule has 0 unspecified atom stereocenters. The number of carbonyl (C=O) groups excluding carboxylic acids is 2. The number of nitrogens with one attached hydrogen (secondary N) is 2. The van der Waals surface area contributed by atoms with Crippen LogP contribution < -0.4 is 15.8 Å². The molecule has 8 nitrogen and oxygen atoms in total. The highest BCUT2D eigenvalue weighted by atomic mass is 32.1. The Labute approximate surface area is 164 Å². The van der Waals surface area contributed by atoms with E-state index in [0.717, 1.165) is 0 Å². The summed E-state index contributed by atoms with van der Waals surface area (Å²) in [5.41, 5.74) is 2.02. The van der Waals surface area contributed by atoms with Crippen LogP contribution >= 0.6 is 11.3 Å². The van der Waals surface area contributed by atoms with Gasteiger partial charge >= 0.3 is 0 Å². The number of nitrogens with zero attached hydrogens (tertiary/aromatic N) is 2. The molecule has 0 fully saturated rings. The fraction of sp³-hybridized carbons (Fsp3) is 0.263. The third-order valence-electron chi connectivity index (χ3n) is 4.32. The van der Waals surface area contributed by atoms with Crippen LogP contribution in [0, 0.1) is 0 Å². The number of anilines is 1. The standard InChI is InChI=1S/C19H20N4O4S/c24-16(22-27)8-2-1-5-10-23(19-20-9-11-28-19)18(26)14-12-21-15-7-4-3-6-13(15)17(14)25/h3-4,6-7,9,11-12,27H,1-2,5,8,10H2,(H,21,25)(H,22,24). The first kappa shape index (κ1) is 19.7. The summed E-state index contributed by atoms with van der Waals surface area (Å²) in [7, 11) is 0. The summed E-state index contributed by atoms with van der Waals surface area (Å²) in [6, 6.07) is 7.04. The molecule has 146 valence electrons. The highest BCUT2D eigenvalue weighted by Crippen LogP contribution is 2.21. The predicted octanol–water partition coefficient (Wildman–Crippen LogP) is 2.70. The lowest BCUT2D eigenvalue weighted by molar-refractivity contribution is -0.129. The minimum Gasteiger partial charge on any atom is -0.360 e. The summed E-state index contributed by atoms with van der Waals surface area (Å²) in [5.74, 6) is -0.842. The Balaban J connectivity index is 1.77. The molecule has 0 saturated heterocycles. The zero-order valence-corrected chi connectivity index (χ0v) is 15.9. The molecule has 2 aromatic heterocycles. The zero-order valence-electron chi connectivity index (χ0n) is 15.1. The van der Waals surface area contributed by atoms with Crippen LogP contribution in [0.4, 0.5) is 5.13 Å². The van der Waals surface area contributed by atoms with E-state index in [0.29, 0.717) is 41.8 Å². The van der Waals surface area contributed by atoms with Gasteiger partial charge in [-0.1, -0.05) is 18.6 Å². The van der Waals surface area contributed by atoms with Crippen molar-refractivity contribution in [2.45, 2.75) is 25.7 Å². The molecule has 2 heterocycles. The monoisotopic (exact) mass is 400 g/mol. The molecular formula is C19H20N4O4S. The summed E-state index contributed by atoms with van der Waals surface area (Å²) >= 11 is 1.32. The van der Waals surface area contributed by atoms with Gasteiger partial charge in [0, 0.05) is 41.6 Å². The number of aromatic nitrogens is 2. The van der Waals surface area contributed by atoms with Gasteiger partial charge in [0.25, 0.3) is 5.91 Å². The summed E-state index contributed by atoms with van der Waals surface area (Å²) in [5, 5.41) is 11.3. The van der Waals surface area contributed by atoms with Crippen LogP contribution in [0.15, 0.2) is 46.8 Å². The minimum atomic E-state index is -0.435. The normalized spacial score (nSPS) is 10.8. The van der Waals surface area contributed by atoms with E-state index in [1.54, 1.807) is 35.3 Å². The summed E-state index contributed by atoms with van der Waals surface area (Å²) in [6.45, 7) is 0.374. The van der Waals surface area contributed by atoms with Crippen molar-refractivity contribution in [1.29, 1.82) is 0 Å². The third-order valence-corrected chi connectivity index (χ3v) is 5.12. The largest absolute Gasteiger partial charge is 0.360 e. The lowest BCUT2D eigenvalue weighted by Crippen LogP contribution is -2.35. The molecule has 0 aliphatic heterocycles. The second-order valence-electron chi connectivity index (χ2n) is 6.19. The molecule has 0 bridgehead atoms. The maximum absolute atomic E-state index is 13.1. The van der Waals surface area contributed by atoms with Crippen LogP contribution in [0.5, 0.6) is 0 Å². The fourth-order valence-electron chi connectivity index (χ4n) is 2.89. The quantitative estimate of drug-likeness (QED) is 0.305. The summed E-state index contributed by atoms with van der Waals surface area (Å²) in [4.78, 5) is 45.6. The highest BCUT2D eigenvalue weighted by molar-refractivity contribution is 7.13. The van der Waals surface area contributed by atoms with Gasteiger partial charge < -0.3 is 4.98 Å². The lowest BCUT2D eigenvalue weighted by atomic mass is 10.1. The van der Waals surface area contributed by atoms with E-state index in [-0.39, 0.29) is 17.4 Å². The molecule has 0 radical (unpaired) electrons. The van der Waals surface area contributed by atoms with Crippen LogP contribution in [-0.2, 0) is 4.79 Å². The Morgan fingerprint density at radius 3 is 2.79 bits per heavy atom. The van der Waals surface area contributed by atoms with Gasteiger partial charge in [0.15, 0.2) is 5.13 Å². The van der Waals surface area contributed by atoms with Crippen molar-refractivity contribution >= 4 is 39.2 Å². The highest BCUT2D eigenvalue weighted by Gasteiger charge is 2.22. The number of amides is 2. The van der Waals surface area contributed by atoms with Gasteiger partial charge in [0.1, 0.15) is 5.56 Å². The van der Waals surface area contributed by atoms with Crippen LogP contribution in [-0.4, -0.2) is 33.5 Å². The number of aromatic amines is 1. The number of para-hydroxylation sites is 1. The molecular weight excluding hydrogens is 380 g/mol. The Bertz CT molecular complexity index is 1020. The number of thiazole rings is 1. The molecule has 0 aliphatic rings. The van der Waals surface area contributed by atoms with E-state index < -0.39 is 11.8 Å². The molecule has 3 N–H and O–H groups in total. The van der Waals surface area contributed by atoms with Crippen molar-refractivity contribution in [2.24, 2.45) is 0 Å². The first-order chi connectivity index (χ1) is 13.6. The van der Waals surface area contributed by atoms with Crippen molar-refractivity contribution < 1.29 is 14.8 Å². The number of hydrogen-bond donors (Lipinski definition) is 3. The second-order valence-corrected chi connectivity index (χ2v) is 7.07. The van der Waals surface area contributed by atoms with Crippen molar-refractivity contribution in [3.05, 3.63) is 57.8 Å². The van der Waals surface area contributed by atoms with Crippen molar-refractivity contribution in [2.75, 3.05) is 11.4 Å². The van der Waals surface area contributed by atoms with Crippen molar-refractivity contribution in [1.82, 2.24) is 15.4 Å². The van der Waals surface area contributed by atoms with E-state index in [1.807, 2.05) is 6.07 Å². The SMILES string of the molecule is O=C(CCCCCN(C(=O)c1c[nH]c2ccccc2c1=O)c1nccs1)NO. The number of hydroxylamine groups is 1. The van der Waals surface area contributed by atoms with Crippen LogP contribution in [0.1, 0.15) is 36.0 Å². The van der Waals surface area contributed by atoms with Crippen molar-refractivity contribution in [3.63, 3.8) is 0 Å². The number of carbonyl (C=O) groups is 2. The fourth-order valence-corrected chi connectivity index (χ4v) is 3.56. The van der Waals surface area contributed by atoms with Crippen LogP contribution in [0.2, 0.25) is 0 Å². The molecule has 0 spiro atoms. The number of benzene rings is 1. The average Bonchev–Trinajstić information content (AvgIpc) is 3.25. The number of unbranched alkanes of at least 4 members (excludes halogenated alkanes) is 2. The van der Waals surface area contributed by atoms with E-state index in [2.05, 4.69) is 9.97 Å². The van der Waals surface area contributed by atoms with E-state index >= 15 is 0 Å². The Morgan fingerprint density at radius 2 is 2.04 bits per heavy atom. The number of pyridine rings is 1. The van der Waals surface area contributed by atoms with Gasteiger partial charge in [-0.2, -0.15) is 0 Å². The van der Waals surface area contributed by atoms with Gasteiger partial charge in [-0.05, 0) is 25.0 Å².